The van der Waals surface area contributed by atoms with Crippen LogP contribution in [-0.2, 0) is 4.79 Å². The first-order valence-electron chi connectivity index (χ1n) is 6.82. The summed E-state index contributed by atoms with van der Waals surface area (Å²) in [6, 6.07) is 10.9. The Morgan fingerprint density at radius 2 is 2.09 bits per heavy atom. The summed E-state index contributed by atoms with van der Waals surface area (Å²) in [4.78, 5) is 14.7. The molecule has 1 aliphatic heterocycles. The van der Waals surface area contributed by atoms with E-state index in [0.29, 0.717) is 20.7 Å². The molecule has 1 aromatic carbocycles. The summed E-state index contributed by atoms with van der Waals surface area (Å²) >= 11 is 6.61. The monoisotopic (exact) mass is 343 g/mol. The smallest absolute Gasteiger partial charge is 0.270 e. The maximum atomic E-state index is 12.6. The number of allylic oxidation sites excluding steroid dienone is 2. The van der Waals surface area contributed by atoms with Gasteiger partial charge in [0.25, 0.3) is 5.91 Å². The van der Waals surface area contributed by atoms with Crippen LogP contribution in [0.5, 0.6) is 5.75 Å². The van der Waals surface area contributed by atoms with Gasteiger partial charge in [0.05, 0.1) is 24.0 Å². The lowest BCUT2D eigenvalue weighted by molar-refractivity contribution is -0.113. The van der Waals surface area contributed by atoms with Crippen molar-refractivity contribution in [1.82, 2.24) is 0 Å². The van der Waals surface area contributed by atoms with E-state index < -0.39 is 0 Å². The quantitative estimate of drug-likeness (QED) is 0.613. The van der Waals surface area contributed by atoms with Gasteiger partial charge in [-0.05, 0) is 36.4 Å². The van der Waals surface area contributed by atoms with Gasteiger partial charge in [0.15, 0.2) is 4.32 Å². The molecule has 0 radical (unpaired) electrons. The summed E-state index contributed by atoms with van der Waals surface area (Å²) in [6.45, 7) is 0. The second-order valence-electron chi connectivity index (χ2n) is 4.59. The zero-order chi connectivity index (χ0) is 16.2. The molecule has 0 aliphatic carbocycles. The zero-order valence-electron chi connectivity index (χ0n) is 12.3. The van der Waals surface area contributed by atoms with Crippen molar-refractivity contribution < 1.29 is 13.9 Å². The van der Waals surface area contributed by atoms with Gasteiger partial charge >= 0.3 is 0 Å². The molecule has 2 aromatic rings. The fourth-order valence-electron chi connectivity index (χ4n) is 2.12. The number of hydrogen-bond donors (Lipinski definition) is 0. The second-order valence-corrected chi connectivity index (χ2v) is 6.26. The average Bonchev–Trinajstić information content (AvgIpc) is 3.16. The van der Waals surface area contributed by atoms with Crippen LogP contribution in [-0.4, -0.2) is 17.3 Å². The van der Waals surface area contributed by atoms with Crippen molar-refractivity contribution in [2.45, 2.75) is 0 Å². The molecule has 6 heteroatoms. The van der Waals surface area contributed by atoms with Crippen LogP contribution in [0.2, 0.25) is 0 Å². The molecule has 0 saturated carbocycles. The van der Waals surface area contributed by atoms with Gasteiger partial charge in [0.1, 0.15) is 11.5 Å². The van der Waals surface area contributed by atoms with Gasteiger partial charge < -0.3 is 9.15 Å². The second kappa shape index (κ2) is 6.85. The Labute approximate surface area is 143 Å². The number of methoxy groups -OCH3 is 1. The summed E-state index contributed by atoms with van der Waals surface area (Å²) in [5.74, 6) is 1.17. The van der Waals surface area contributed by atoms with Crippen LogP contribution < -0.4 is 9.64 Å². The van der Waals surface area contributed by atoms with Crippen LogP contribution in [0.15, 0.2) is 64.1 Å². The first-order valence-corrected chi connectivity index (χ1v) is 8.04. The number of thioether (sulfide) groups is 1. The minimum atomic E-state index is -0.159. The Bertz CT molecular complexity index is 794. The highest BCUT2D eigenvalue weighted by Crippen LogP contribution is 2.38. The Morgan fingerprint density at radius 3 is 2.83 bits per heavy atom. The number of rotatable bonds is 4. The lowest BCUT2D eigenvalue weighted by atomic mass is 10.2. The van der Waals surface area contributed by atoms with Crippen molar-refractivity contribution in [3.63, 3.8) is 0 Å². The maximum absolute atomic E-state index is 12.6. The van der Waals surface area contributed by atoms with Crippen LogP contribution in [0.1, 0.15) is 5.76 Å². The van der Waals surface area contributed by atoms with Crippen LogP contribution in [0, 0.1) is 0 Å². The number of nitrogens with zero attached hydrogens (tertiary/aromatic N) is 1. The Hall–Kier alpha value is -2.31. The number of thiocarbonyl (C=S) groups is 1. The Morgan fingerprint density at radius 1 is 1.26 bits per heavy atom. The predicted molar refractivity (Wildman–Crippen MR) is 96.5 cm³/mol. The lowest BCUT2D eigenvalue weighted by Crippen LogP contribution is -2.27. The molecule has 1 amide bonds. The molecular weight excluding hydrogens is 330 g/mol. The third-order valence-corrected chi connectivity index (χ3v) is 4.49. The number of hydrogen-bond acceptors (Lipinski definition) is 5. The molecule has 23 heavy (non-hydrogen) atoms. The molecular formula is C17H13NO3S2. The van der Waals surface area contributed by atoms with Crippen molar-refractivity contribution in [1.29, 1.82) is 0 Å². The van der Waals surface area contributed by atoms with Gasteiger partial charge in [-0.15, -0.1) is 0 Å². The minimum absolute atomic E-state index is 0.159. The highest BCUT2D eigenvalue weighted by molar-refractivity contribution is 8.27. The third-order valence-electron chi connectivity index (χ3n) is 3.17. The number of ether oxygens (including phenoxy) is 1. The number of benzene rings is 1. The van der Waals surface area contributed by atoms with Gasteiger partial charge in [-0.1, -0.05) is 42.2 Å². The predicted octanol–water partition coefficient (Wildman–Crippen LogP) is 4.25. The average molecular weight is 343 g/mol. The molecule has 1 aliphatic rings. The third kappa shape index (κ3) is 3.23. The fourth-order valence-corrected chi connectivity index (χ4v) is 3.36. The number of carbonyl (C=O) groups excluding carboxylic acids is 1. The van der Waals surface area contributed by atoms with E-state index in [-0.39, 0.29) is 5.91 Å². The van der Waals surface area contributed by atoms with E-state index in [0.717, 1.165) is 5.76 Å². The highest BCUT2D eigenvalue weighted by Gasteiger charge is 2.34. The SMILES string of the molecule is COc1ccccc1N1C(=O)/C(=C\C=C\c2ccco2)SC1=S. The van der Waals surface area contributed by atoms with Gasteiger partial charge in [0, 0.05) is 0 Å². The van der Waals surface area contributed by atoms with Crippen molar-refractivity contribution in [2.75, 3.05) is 12.0 Å². The number of anilines is 1. The number of carbonyl (C=O) groups is 1. The van der Waals surface area contributed by atoms with Crippen molar-refractivity contribution in [3.8, 4) is 5.75 Å². The Balaban J connectivity index is 1.85. The summed E-state index contributed by atoms with van der Waals surface area (Å²) in [6.07, 6.45) is 6.89. The van der Waals surface area contributed by atoms with E-state index in [1.807, 2.05) is 24.3 Å². The van der Waals surface area contributed by atoms with E-state index in [1.165, 1.54) is 16.7 Å². The van der Waals surface area contributed by atoms with Gasteiger partial charge in [-0.3, -0.25) is 9.69 Å². The number of amides is 1. The van der Waals surface area contributed by atoms with Gasteiger partial charge in [-0.2, -0.15) is 0 Å². The molecule has 1 saturated heterocycles. The van der Waals surface area contributed by atoms with E-state index in [1.54, 1.807) is 43.7 Å². The molecule has 0 atom stereocenters. The molecule has 2 heterocycles. The summed E-state index contributed by atoms with van der Waals surface area (Å²) in [5.41, 5.74) is 0.649. The van der Waals surface area contributed by atoms with E-state index in [9.17, 15) is 4.79 Å². The molecule has 1 fully saturated rings. The lowest BCUT2D eigenvalue weighted by Gasteiger charge is -2.17. The van der Waals surface area contributed by atoms with E-state index in [2.05, 4.69) is 0 Å². The molecule has 4 nitrogen and oxygen atoms in total. The molecule has 3 rings (SSSR count). The van der Waals surface area contributed by atoms with Gasteiger partial charge in [0.2, 0.25) is 0 Å². The van der Waals surface area contributed by atoms with Crippen LogP contribution in [0.3, 0.4) is 0 Å². The normalized spacial score (nSPS) is 16.7. The van der Waals surface area contributed by atoms with Crippen molar-refractivity contribution >= 4 is 46.0 Å². The standard InChI is InChI=1S/C17H13NO3S2/c1-20-14-9-3-2-8-13(14)18-16(19)15(23-17(18)22)10-4-6-12-7-5-11-21-12/h2-11H,1H3/b6-4+,15-10+. The van der Waals surface area contributed by atoms with Crippen molar-refractivity contribution in [3.05, 3.63) is 65.5 Å². The first-order chi connectivity index (χ1) is 11.2. The zero-order valence-corrected chi connectivity index (χ0v) is 13.9. The highest BCUT2D eigenvalue weighted by atomic mass is 32.2. The summed E-state index contributed by atoms with van der Waals surface area (Å²) in [7, 11) is 1.57. The molecule has 116 valence electrons. The number of furan rings is 1. The Kier molecular flexibility index (Phi) is 4.64. The van der Waals surface area contributed by atoms with Gasteiger partial charge in [-0.25, -0.2) is 0 Å². The first kappa shape index (κ1) is 15.6. The minimum Gasteiger partial charge on any atom is -0.495 e. The molecule has 1 aromatic heterocycles. The molecule has 0 bridgehead atoms. The van der Waals surface area contributed by atoms with E-state index in [4.69, 9.17) is 21.4 Å². The maximum Gasteiger partial charge on any atom is 0.270 e. The molecule has 0 spiro atoms. The fraction of sp³-hybridized carbons (Fsp3) is 0.0588. The molecule has 0 unspecified atom stereocenters. The summed E-state index contributed by atoms with van der Waals surface area (Å²) < 4.78 is 11.0. The van der Waals surface area contributed by atoms with Crippen molar-refractivity contribution in [2.24, 2.45) is 0 Å². The summed E-state index contributed by atoms with van der Waals surface area (Å²) in [5, 5.41) is 0. The largest absolute Gasteiger partial charge is 0.495 e. The van der Waals surface area contributed by atoms with Crippen LogP contribution >= 0.6 is 24.0 Å². The topological polar surface area (TPSA) is 42.7 Å². The number of para-hydroxylation sites is 2. The van der Waals surface area contributed by atoms with E-state index >= 15 is 0 Å². The van der Waals surface area contributed by atoms with Crippen LogP contribution in [0.25, 0.3) is 6.08 Å². The van der Waals surface area contributed by atoms with Crippen LogP contribution in [0.4, 0.5) is 5.69 Å². The molecule has 0 N–H and O–H groups in total.